The van der Waals surface area contributed by atoms with Crippen LogP contribution in [0.3, 0.4) is 0 Å². The van der Waals surface area contributed by atoms with E-state index in [-0.39, 0.29) is 22.9 Å². The van der Waals surface area contributed by atoms with Crippen LogP contribution in [0.15, 0.2) is 88.3 Å². The summed E-state index contributed by atoms with van der Waals surface area (Å²) in [6.45, 7) is -2.97. The predicted octanol–water partition coefficient (Wildman–Crippen LogP) is 4.59. The van der Waals surface area contributed by atoms with Gasteiger partial charge in [-0.05, 0) is 60.2 Å². The molecule has 39 heavy (non-hydrogen) atoms. The molecule has 0 saturated heterocycles. The molecule has 4 aromatic rings. The summed E-state index contributed by atoms with van der Waals surface area (Å²) < 4.78 is 30.8. The van der Waals surface area contributed by atoms with Gasteiger partial charge in [0.25, 0.3) is 11.5 Å². The van der Waals surface area contributed by atoms with Crippen molar-refractivity contribution in [2.75, 3.05) is 23.9 Å². The van der Waals surface area contributed by atoms with E-state index in [1.54, 1.807) is 30.3 Å². The molecule has 198 valence electrons. The van der Waals surface area contributed by atoms with Crippen LogP contribution < -0.4 is 20.1 Å². The molecule has 0 radical (unpaired) electrons. The van der Waals surface area contributed by atoms with Crippen LogP contribution in [0.1, 0.15) is 5.56 Å². The number of aromatic nitrogens is 3. The number of carbonyl (C=O) groups is 1. The molecule has 9 nitrogen and oxygen atoms in total. The van der Waals surface area contributed by atoms with E-state index in [4.69, 9.17) is 0 Å². The van der Waals surface area contributed by atoms with Gasteiger partial charge in [-0.1, -0.05) is 41.2 Å². The topological polar surface area (TPSA) is 92.9 Å². The Hall–Kier alpha value is -4.58. The van der Waals surface area contributed by atoms with Crippen LogP contribution in [0, 0.1) is 0 Å². The number of anilines is 2. The van der Waals surface area contributed by atoms with Crippen LogP contribution in [0.5, 0.6) is 5.75 Å². The summed E-state index contributed by atoms with van der Waals surface area (Å²) in [4.78, 5) is 34.2. The van der Waals surface area contributed by atoms with Crippen molar-refractivity contribution in [2.45, 2.75) is 12.5 Å². The van der Waals surface area contributed by atoms with Crippen molar-refractivity contribution in [3.05, 3.63) is 94.4 Å². The van der Waals surface area contributed by atoms with Gasteiger partial charge in [0.15, 0.2) is 5.17 Å². The second-order valence-corrected chi connectivity index (χ2v) is 9.52. The smallest absolute Gasteiger partial charge is 0.387 e. The molecule has 0 saturated carbocycles. The van der Waals surface area contributed by atoms with Crippen LogP contribution in [0.4, 0.5) is 20.2 Å². The van der Waals surface area contributed by atoms with E-state index in [1.807, 2.05) is 43.3 Å². The normalized spacial score (nSPS) is 14.4. The quantitative estimate of drug-likeness (QED) is 0.312. The van der Waals surface area contributed by atoms with E-state index in [9.17, 15) is 18.4 Å². The number of hydrogen-bond acceptors (Lipinski definition) is 8. The van der Waals surface area contributed by atoms with E-state index in [1.165, 1.54) is 33.8 Å². The third-order valence-electron chi connectivity index (χ3n) is 5.81. The summed E-state index contributed by atoms with van der Waals surface area (Å²) in [5.74, 6) is -0.411. The Kier molecular flexibility index (Phi) is 7.37. The predicted molar refractivity (Wildman–Crippen MR) is 148 cm³/mol. The Morgan fingerprint density at radius 2 is 1.72 bits per heavy atom. The van der Waals surface area contributed by atoms with Crippen molar-refractivity contribution in [1.82, 2.24) is 15.0 Å². The Bertz CT molecular complexity index is 1640. The highest BCUT2D eigenvalue weighted by atomic mass is 32.2. The van der Waals surface area contributed by atoms with Gasteiger partial charge < -0.3 is 9.64 Å². The lowest BCUT2D eigenvalue weighted by atomic mass is 10.1. The summed E-state index contributed by atoms with van der Waals surface area (Å²) in [7, 11) is 3.87. The van der Waals surface area contributed by atoms with E-state index >= 15 is 0 Å². The van der Waals surface area contributed by atoms with Gasteiger partial charge in [0.2, 0.25) is 0 Å². The molecule has 12 heteroatoms. The maximum absolute atomic E-state index is 13.5. The first-order chi connectivity index (χ1) is 18.8. The van der Waals surface area contributed by atoms with Gasteiger partial charge in [0, 0.05) is 19.8 Å². The zero-order chi connectivity index (χ0) is 27.5. The molecule has 5 rings (SSSR count). The maximum atomic E-state index is 13.5. The van der Waals surface area contributed by atoms with E-state index in [0.29, 0.717) is 21.8 Å². The van der Waals surface area contributed by atoms with Crippen LogP contribution >= 0.6 is 11.8 Å². The first-order valence-corrected chi connectivity index (χ1v) is 12.7. The molecular weight excluding hydrogens is 526 g/mol. The number of amides is 1. The van der Waals surface area contributed by atoms with E-state index in [2.05, 4.69) is 20.0 Å². The fourth-order valence-corrected chi connectivity index (χ4v) is 4.74. The Morgan fingerprint density at radius 1 is 1.00 bits per heavy atom. The standard InChI is InChI=1S/C27H22F2N6O3S/c1-33(2)18-9-7-17(8-10-18)15-23-25(37)35(19-11-13-20(14-12-19)38-26(28)29)27(30-23)39-16-34-24(36)21-5-3-4-6-22(21)31-32-34/h3-15,26H,16H2,1-2H3/b23-15-. The molecule has 0 aliphatic carbocycles. The molecule has 3 aromatic carbocycles. The molecular formula is C27H22F2N6O3S. The number of fused-ring (bicyclic) bond motifs is 1. The fourth-order valence-electron chi connectivity index (χ4n) is 3.85. The minimum Gasteiger partial charge on any atom is -0.435 e. The zero-order valence-corrected chi connectivity index (χ0v) is 21.7. The molecule has 1 aliphatic heterocycles. The first kappa shape index (κ1) is 26.0. The SMILES string of the molecule is CN(C)c1ccc(/C=C2\N=C(SCn3nnc4ccccc4c3=O)N(c3ccc(OC(F)F)cc3)C2=O)cc1. The maximum Gasteiger partial charge on any atom is 0.387 e. The van der Waals surface area contributed by atoms with Crippen molar-refractivity contribution >= 4 is 51.2 Å². The average Bonchev–Trinajstić information content (AvgIpc) is 3.23. The van der Waals surface area contributed by atoms with Gasteiger partial charge in [0.05, 0.1) is 17.0 Å². The number of carbonyl (C=O) groups excluding carboxylic acids is 1. The Balaban J connectivity index is 1.47. The number of ether oxygens (including phenoxy) is 1. The highest BCUT2D eigenvalue weighted by Crippen LogP contribution is 2.31. The van der Waals surface area contributed by atoms with Gasteiger partial charge in [-0.3, -0.25) is 14.5 Å². The van der Waals surface area contributed by atoms with Gasteiger partial charge in [-0.2, -0.15) is 13.5 Å². The second kappa shape index (κ2) is 11.0. The van der Waals surface area contributed by atoms with Crippen molar-refractivity contribution in [3.63, 3.8) is 0 Å². The summed E-state index contributed by atoms with van der Waals surface area (Å²) in [6.07, 6.45) is 1.67. The van der Waals surface area contributed by atoms with Crippen molar-refractivity contribution in [3.8, 4) is 5.75 Å². The number of alkyl halides is 2. The lowest BCUT2D eigenvalue weighted by Gasteiger charge is -2.18. The number of halogens is 2. The Morgan fingerprint density at radius 3 is 2.41 bits per heavy atom. The molecule has 2 heterocycles. The van der Waals surface area contributed by atoms with Gasteiger partial charge >= 0.3 is 6.61 Å². The van der Waals surface area contributed by atoms with Crippen LogP contribution in [0.25, 0.3) is 17.0 Å². The van der Waals surface area contributed by atoms with Crippen molar-refractivity contribution < 1.29 is 18.3 Å². The van der Waals surface area contributed by atoms with Crippen LogP contribution in [-0.4, -0.2) is 46.8 Å². The summed E-state index contributed by atoms with van der Waals surface area (Å²) in [5, 5.41) is 8.81. The number of nitrogens with zero attached hydrogens (tertiary/aromatic N) is 6. The second-order valence-electron chi connectivity index (χ2n) is 8.61. The van der Waals surface area contributed by atoms with Crippen LogP contribution in [0.2, 0.25) is 0 Å². The average molecular weight is 549 g/mol. The summed E-state index contributed by atoms with van der Waals surface area (Å²) in [5.41, 5.74) is 2.52. The third-order valence-corrected chi connectivity index (χ3v) is 6.71. The minimum absolute atomic E-state index is 0.0384. The lowest BCUT2D eigenvalue weighted by Crippen LogP contribution is -2.31. The van der Waals surface area contributed by atoms with Crippen molar-refractivity contribution in [2.24, 2.45) is 4.99 Å². The molecule has 1 amide bonds. The fraction of sp³-hybridized carbons (Fsp3) is 0.148. The largest absolute Gasteiger partial charge is 0.435 e. The lowest BCUT2D eigenvalue weighted by molar-refractivity contribution is -0.113. The molecule has 0 spiro atoms. The number of benzene rings is 3. The molecule has 0 atom stereocenters. The Labute approximate surface area is 226 Å². The molecule has 0 N–H and O–H groups in total. The number of aliphatic imine (C=N–C) groups is 1. The van der Waals surface area contributed by atoms with E-state index < -0.39 is 12.5 Å². The molecule has 1 aliphatic rings. The molecule has 0 bridgehead atoms. The number of hydrogen-bond donors (Lipinski definition) is 0. The van der Waals surface area contributed by atoms with E-state index in [0.717, 1.165) is 23.0 Å². The van der Waals surface area contributed by atoms with Crippen molar-refractivity contribution in [1.29, 1.82) is 0 Å². The minimum atomic E-state index is -2.97. The summed E-state index contributed by atoms with van der Waals surface area (Å²) in [6, 6.07) is 20.2. The van der Waals surface area contributed by atoms with Gasteiger partial charge in [0.1, 0.15) is 17.0 Å². The zero-order valence-electron chi connectivity index (χ0n) is 20.9. The molecule has 0 unspecified atom stereocenters. The number of amidine groups is 1. The third kappa shape index (κ3) is 5.65. The summed E-state index contributed by atoms with van der Waals surface area (Å²) >= 11 is 1.12. The monoisotopic (exact) mass is 548 g/mol. The van der Waals surface area contributed by atoms with Gasteiger partial charge in [-0.25, -0.2) is 4.99 Å². The molecule has 1 aromatic heterocycles. The highest BCUT2D eigenvalue weighted by molar-refractivity contribution is 8.13. The molecule has 0 fully saturated rings. The van der Waals surface area contributed by atoms with Gasteiger partial charge in [-0.15, -0.1) is 5.10 Å². The number of rotatable bonds is 7. The first-order valence-electron chi connectivity index (χ1n) is 11.7. The van der Waals surface area contributed by atoms with Crippen LogP contribution in [-0.2, 0) is 10.7 Å². The number of thioether (sulfide) groups is 1. The highest BCUT2D eigenvalue weighted by Gasteiger charge is 2.32.